The standard InChI is InChI=1S/C33H40F2N6O2/c1-2-4-19-5-6-20-11-24(42)12-25(27(19)20)29-28(35)30-26(14-36-29)31(40-16-22-7-8-23(17-40)37-22)39-32(38-30)43-18-33-9-3-10-41(33)15-21(34)13-33/h11-12,14,19,21-23,37,42H,2-10,13,15-18H2,1H3/t19?,21-,22-,23+,33+/m1/s1. The third kappa shape index (κ3) is 4.63. The van der Waals surface area contributed by atoms with Crippen LogP contribution in [0.25, 0.3) is 22.2 Å². The van der Waals surface area contributed by atoms with E-state index >= 15 is 4.39 Å². The molecule has 43 heavy (non-hydrogen) atoms. The highest BCUT2D eigenvalue weighted by Gasteiger charge is 2.49. The molecule has 2 aromatic heterocycles. The molecule has 4 fully saturated rings. The van der Waals surface area contributed by atoms with Crippen LogP contribution in [0.5, 0.6) is 11.8 Å². The summed E-state index contributed by atoms with van der Waals surface area (Å²) in [6, 6.07) is 4.31. The Bertz CT molecular complexity index is 1560. The number of pyridine rings is 1. The molecule has 8 rings (SSSR count). The van der Waals surface area contributed by atoms with Gasteiger partial charge in [0, 0.05) is 49.9 Å². The summed E-state index contributed by atoms with van der Waals surface area (Å²) in [6.45, 7) is 5.29. The number of halogens is 2. The number of benzene rings is 1. The molecule has 5 atom stereocenters. The quantitative estimate of drug-likeness (QED) is 0.386. The largest absolute Gasteiger partial charge is 0.508 e. The van der Waals surface area contributed by atoms with Crippen LogP contribution in [0.15, 0.2) is 18.3 Å². The zero-order valence-electron chi connectivity index (χ0n) is 24.8. The molecule has 0 amide bonds. The van der Waals surface area contributed by atoms with E-state index in [9.17, 15) is 9.50 Å². The van der Waals surface area contributed by atoms with Crippen LogP contribution in [0.1, 0.15) is 75.3 Å². The molecule has 0 radical (unpaired) electrons. The van der Waals surface area contributed by atoms with Crippen LogP contribution in [0.4, 0.5) is 14.6 Å². The summed E-state index contributed by atoms with van der Waals surface area (Å²) in [6.07, 6.45) is 9.27. The number of alkyl halides is 1. The minimum atomic E-state index is -0.861. The van der Waals surface area contributed by atoms with Gasteiger partial charge in [0.2, 0.25) is 0 Å². The number of aryl methyl sites for hydroxylation is 1. The summed E-state index contributed by atoms with van der Waals surface area (Å²) >= 11 is 0. The third-order valence-electron chi connectivity index (χ3n) is 10.7. The number of fused-ring (bicyclic) bond motifs is 5. The van der Waals surface area contributed by atoms with Crippen molar-refractivity contribution in [3.05, 3.63) is 35.3 Å². The lowest BCUT2D eigenvalue weighted by Crippen LogP contribution is -2.51. The van der Waals surface area contributed by atoms with E-state index in [-0.39, 0.29) is 35.1 Å². The number of hydrogen-bond donors (Lipinski definition) is 2. The van der Waals surface area contributed by atoms with E-state index in [4.69, 9.17) is 14.7 Å². The lowest BCUT2D eigenvalue weighted by atomic mass is 9.90. The topological polar surface area (TPSA) is 86.6 Å². The fourth-order valence-electron chi connectivity index (χ4n) is 8.83. The molecule has 6 heterocycles. The Hall–Kier alpha value is -3.11. The van der Waals surface area contributed by atoms with Crippen molar-refractivity contribution in [3.63, 3.8) is 0 Å². The van der Waals surface area contributed by atoms with Crippen LogP contribution in [0, 0.1) is 5.82 Å². The Balaban J connectivity index is 1.23. The van der Waals surface area contributed by atoms with Crippen molar-refractivity contribution in [1.82, 2.24) is 25.2 Å². The highest BCUT2D eigenvalue weighted by Crippen LogP contribution is 2.46. The molecule has 4 saturated heterocycles. The molecule has 0 spiro atoms. The SMILES string of the molecule is CCCC1CCc2cc(O)cc(-c3ncc4c(N5C[C@H]6CC[C@@H](C5)N6)nc(OC[C@@]56CCCN5C[C@H](F)C6)nc4c3F)c21. The van der Waals surface area contributed by atoms with E-state index in [0.717, 1.165) is 82.1 Å². The Morgan fingerprint density at radius 3 is 2.79 bits per heavy atom. The monoisotopic (exact) mass is 590 g/mol. The van der Waals surface area contributed by atoms with Crippen LogP contribution < -0.4 is 15.0 Å². The van der Waals surface area contributed by atoms with Gasteiger partial charge in [-0.05, 0) is 80.7 Å². The van der Waals surface area contributed by atoms with E-state index in [2.05, 4.69) is 27.0 Å². The van der Waals surface area contributed by atoms with Gasteiger partial charge in [-0.1, -0.05) is 13.3 Å². The van der Waals surface area contributed by atoms with Crippen LogP contribution in [-0.2, 0) is 6.42 Å². The molecule has 10 heteroatoms. The summed E-state index contributed by atoms with van der Waals surface area (Å²) in [7, 11) is 0. The van der Waals surface area contributed by atoms with Crippen molar-refractivity contribution >= 4 is 16.7 Å². The highest BCUT2D eigenvalue weighted by atomic mass is 19.1. The molecule has 4 aliphatic heterocycles. The molecule has 1 unspecified atom stereocenters. The number of nitrogens with zero attached hydrogens (tertiary/aromatic N) is 5. The van der Waals surface area contributed by atoms with Crippen molar-refractivity contribution in [1.29, 1.82) is 0 Å². The van der Waals surface area contributed by atoms with E-state index in [1.807, 2.05) is 6.07 Å². The number of aromatic nitrogens is 3. The normalized spacial score (nSPS) is 29.9. The molecule has 8 nitrogen and oxygen atoms in total. The first-order valence-corrected chi connectivity index (χ1v) is 16.2. The van der Waals surface area contributed by atoms with Crippen molar-refractivity contribution in [2.24, 2.45) is 0 Å². The van der Waals surface area contributed by atoms with Crippen molar-refractivity contribution < 1.29 is 18.6 Å². The van der Waals surface area contributed by atoms with Gasteiger partial charge in [-0.25, -0.2) is 8.78 Å². The van der Waals surface area contributed by atoms with E-state index < -0.39 is 12.0 Å². The molecule has 5 aliphatic rings. The second-order valence-corrected chi connectivity index (χ2v) is 13.5. The van der Waals surface area contributed by atoms with Crippen LogP contribution in [0.3, 0.4) is 0 Å². The maximum absolute atomic E-state index is 16.8. The molecule has 0 saturated carbocycles. The van der Waals surface area contributed by atoms with Gasteiger partial charge in [-0.3, -0.25) is 9.88 Å². The van der Waals surface area contributed by atoms with Gasteiger partial charge in [0.25, 0.3) is 0 Å². The minimum Gasteiger partial charge on any atom is -0.508 e. The first-order valence-electron chi connectivity index (χ1n) is 16.2. The van der Waals surface area contributed by atoms with Gasteiger partial charge in [0.15, 0.2) is 5.82 Å². The zero-order chi connectivity index (χ0) is 29.3. The molecule has 3 aromatic rings. The molecular weight excluding hydrogens is 550 g/mol. The first-order chi connectivity index (χ1) is 20.9. The molecule has 2 N–H and O–H groups in total. The fourth-order valence-corrected chi connectivity index (χ4v) is 8.83. The molecule has 1 aromatic carbocycles. The number of phenolic OH excluding ortho intramolecular Hbond substituents is 1. The van der Waals surface area contributed by atoms with Gasteiger partial charge in [-0.2, -0.15) is 9.97 Å². The van der Waals surface area contributed by atoms with Crippen LogP contribution in [0.2, 0.25) is 0 Å². The van der Waals surface area contributed by atoms with Gasteiger partial charge >= 0.3 is 6.01 Å². The van der Waals surface area contributed by atoms with Gasteiger partial charge < -0.3 is 20.1 Å². The molecule has 228 valence electrons. The first kappa shape index (κ1) is 27.4. The zero-order valence-corrected chi connectivity index (χ0v) is 24.8. The summed E-state index contributed by atoms with van der Waals surface area (Å²) < 4.78 is 37.5. The number of ether oxygens (including phenoxy) is 1. The molecule has 1 aliphatic carbocycles. The average molecular weight is 591 g/mol. The van der Waals surface area contributed by atoms with Gasteiger partial charge in [0.1, 0.15) is 35.6 Å². The maximum Gasteiger partial charge on any atom is 0.319 e. The number of aromatic hydroxyl groups is 1. The summed E-state index contributed by atoms with van der Waals surface area (Å²) in [4.78, 5) is 18.6. The number of nitrogens with one attached hydrogen (secondary N) is 1. The van der Waals surface area contributed by atoms with Crippen LogP contribution in [-0.4, -0.2) is 81.5 Å². The smallest absolute Gasteiger partial charge is 0.319 e. The number of piperazine rings is 1. The predicted octanol–water partition coefficient (Wildman–Crippen LogP) is 5.26. The Morgan fingerprint density at radius 1 is 1.14 bits per heavy atom. The number of phenols is 1. The fraction of sp³-hybridized carbons (Fsp3) is 0.606. The number of rotatable bonds is 7. The van der Waals surface area contributed by atoms with E-state index in [1.165, 1.54) is 0 Å². The second-order valence-electron chi connectivity index (χ2n) is 13.5. The third-order valence-corrected chi connectivity index (χ3v) is 10.7. The van der Waals surface area contributed by atoms with Crippen molar-refractivity contribution in [3.8, 4) is 23.0 Å². The van der Waals surface area contributed by atoms with Gasteiger partial charge in [-0.15, -0.1) is 0 Å². The lowest BCUT2D eigenvalue weighted by Gasteiger charge is -2.34. The van der Waals surface area contributed by atoms with Crippen molar-refractivity contribution in [2.45, 2.75) is 94.4 Å². The summed E-state index contributed by atoms with van der Waals surface area (Å²) in [5.41, 5.74) is 2.83. The summed E-state index contributed by atoms with van der Waals surface area (Å²) in [5.74, 6) is 0.545. The van der Waals surface area contributed by atoms with Crippen LogP contribution >= 0.6 is 0 Å². The highest BCUT2D eigenvalue weighted by molar-refractivity contribution is 5.92. The maximum atomic E-state index is 16.8. The van der Waals surface area contributed by atoms with Gasteiger partial charge in [0.05, 0.1) is 10.9 Å². The molecular formula is C33H40F2N6O2. The number of anilines is 1. The summed E-state index contributed by atoms with van der Waals surface area (Å²) in [5, 5.41) is 14.8. The van der Waals surface area contributed by atoms with Crippen molar-refractivity contribution in [2.75, 3.05) is 37.7 Å². The Labute approximate surface area is 250 Å². The Kier molecular flexibility index (Phi) is 6.71. The average Bonchev–Trinajstić information content (AvgIpc) is 3.74. The van der Waals surface area contributed by atoms with E-state index in [0.29, 0.717) is 47.7 Å². The number of hydrogen-bond acceptors (Lipinski definition) is 8. The molecule has 2 bridgehead atoms. The van der Waals surface area contributed by atoms with E-state index in [1.54, 1.807) is 12.3 Å². The Morgan fingerprint density at radius 2 is 1.98 bits per heavy atom. The lowest BCUT2D eigenvalue weighted by molar-refractivity contribution is 0.107. The predicted molar refractivity (Wildman–Crippen MR) is 161 cm³/mol. The minimum absolute atomic E-state index is 0.123. The second kappa shape index (κ2) is 10.5.